The third kappa shape index (κ3) is 2.82. The van der Waals surface area contributed by atoms with Crippen molar-refractivity contribution in [3.63, 3.8) is 0 Å². The Morgan fingerprint density at radius 2 is 2.25 bits per heavy atom. The lowest BCUT2D eigenvalue weighted by atomic mass is 9.93. The monoisotopic (exact) mass is 239 g/mol. The molecule has 0 bridgehead atoms. The third-order valence-electron chi connectivity index (χ3n) is 2.87. The van der Waals surface area contributed by atoms with Gasteiger partial charge in [-0.2, -0.15) is 0 Å². The van der Waals surface area contributed by atoms with Crippen LogP contribution in [0.5, 0.6) is 5.75 Å². The van der Waals surface area contributed by atoms with Crippen molar-refractivity contribution in [3.8, 4) is 5.75 Å². The molecule has 0 saturated heterocycles. The number of nitrogens with one attached hydrogen (secondary N) is 1. The fraction of sp³-hybridized carbons (Fsp3) is 0.538. The molecule has 0 unspecified atom stereocenters. The molecule has 0 aliphatic heterocycles. The van der Waals surface area contributed by atoms with E-state index in [0.717, 1.165) is 24.5 Å². The Bertz CT molecular complexity index is 350. The second-order valence-electron chi connectivity index (χ2n) is 4.27. The van der Waals surface area contributed by atoms with E-state index in [0.29, 0.717) is 11.1 Å². The first-order chi connectivity index (χ1) is 7.79. The summed E-state index contributed by atoms with van der Waals surface area (Å²) in [6, 6.07) is 6.57. The van der Waals surface area contributed by atoms with Crippen LogP contribution in [0, 0.1) is 0 Å². The maximum atomic E-state index is 6.14. The average Bonchev–Trinajstić information content (AvgIpc) is 2.22. The van der Waals surface area contributed by atoms with E-state index in [4.69, 9.17) is 16.3 Å². The summed E-state index contributed by atoms with van der Waals surface area (Å²) < 4.78 is 5.53. The first-order valence-electron chi connectivity index (χ1n) is 5.98. The molecular formula is C13H18ClNO. The summed E-state index contributed by atoms with van der Waals surface area (Å²) in [5.74, 6) is 0.780. The van der Waals surface area contributed by atoms with Gasteiger partial charge in [0, 0.05) is 11.7 Å². The maximum absolute atomic E-state index is 6.14. The van der Waals surface area contributed by atoms with Crippen LogP contribution in [0.2, 0.25) is 5.02 Å². The quantitative estimate of drug-likeness (QED) is 0.836. The van der Waals surface area contributed by atoms with Crippen LogP contribution < -0.4 is 10.1 Å². The summed E-state index contributed by atoms with van der Waals surface area (Å²) in [4.78, 5) is 0. The van der Waals surface area contributed by atoms with Gasteiger partial charge in [0.15, 0.2) is 0 Å². The highest BCUT2D eigenvalue weighted by molar-refractivity contribution is 6.32. The molecule has 1 fully saturated rings. The van der Waals surface area contributed by atoms with E-state index in [9.17, 15) is 0 Å². The number of rotatable bonds is 5. The fourth-order valence-electron chi connectivity index (χ4n) is 1.71. The molecule has 1 N–H and O–H groups in total. The molecule has 1 aromatic rings. The minimum Gasteiger partial charge on any atom is -0.492 e. The Morgan fingerprint density at radius 1 is 1.44 bits per heavy atom. The molecule has 0 radical (unpaired) electrons. The van der Waals surface area contributed by atoms with Crippen molar-refractivity contribution in [2.24, 2.45) is 0 Å². The van der Waals surface area contributed by atoms with Crippen LogP contribution in [0.15, 0.2) is 18.2 Å². The highest BCUT2D eigenvalue weighted by Crippen LogP contribution is 2.30. The van der Waals surface area contributed by atoms with Crippen molar-refractivity contribution in [1.82, 2.24) is 0 Å². The van der Waals surface area contributed by atoms with Gasteiger partial charge in [-0.15, -0.1) is 0 Å². The Morgan fingerprint density at radius 3 is 2.81 bits per heavy atom. The molecule has 1 aliphatic carbocycles. The average molecular weight is 240 g/mol. The van der Waals surface area contributed by atoms with E-state index in [2.05, 4.69) is 12.2 Å². The zero-order chi connectivity index (χ0) is 11.4. The first kappa shape index (κ1) is 11.6. The summed E-state index contributed by atoms with van der Waals surface area (Å²) in [5, 5.41) is 4.15. The van der Waals surface area contributed by atoms with Crippen LogP contribution in [0.25, 0.3) is 0 Å². The lowest BCUT2D eigenvalue weighted by molar-refractivity contribution is 0.317. The predicted molar refractivity (Wildman–Crippen MR) is 68.5 cm³/mol. The van der Waals surface area contributed by atoms with Gasteiger partial charge in [-0.05, 0) is 43.9 Å². The van der Waals surface area contributed by atoms with Crippen LogP contribution in [-0.2, 0) is 0 Å². The molecule has 88 valence electrons. The van der Waals surface area contributed by atoms with Gasteiger partial charge in [-0.3, -0.25) is 0 Å². The summed E-state index contributed by atoms with van der Waals surface area (Å²) in [5.41, 5.74) is 1.10. The Labute approximate surface area is 102 Å². The standard InChI is InChI=1S/C13H18ClNO/c1-2-8-16-13-7-6-11(9-12(13)14)15-10-4-3-5-10/h6-7,9-10,15H,2-5,8H2,1H3. The summed E-state index contributed by atoms with van der Waals surface area (Å²) >= 11 is 6.14. The Hall–Kier alpha value is -0.890. The van der Waals surface area contributed by atoms with Gasteiger partial charge in [0.05, 0.1) is 11.6 Å². The normalized spacial score (nSPS) is 15.6. The van der Waals surface area contributed by atoms with Gasteiger partial charge < -0.3 is 10.1 Å². The molecule has 3 heteroatoms. The van der Waals surface area contributed by atoms with Crippen LogP contribution in [-0.4, -0.2) is 12.6 Å². The minimum atomic E-state index is 0.637. The van der Waals surface area contributed by atoms with E-state index >= 15 is 0 Å². The predicted octanol–water partition coefficient (Wildman–Crippen LogP) is 4.09. The molecule has 0 spiro atoms. The molecule has 0 heterocycles. The molecule has 0 atom stereocenters. The number of benzene rings is 1. The Kier molecular flexibility index (Phi) is 3.94. The molecule has 0 amide bonds. The second-order valence-corrected chi connectivity index (χ2v) is 4.67. The van der Waals surface area contributed by atoms with Crippen LogP contribution in [0.1, 0.15) is 32.6 Å². The largest absolute Gasteiger partial charge is 0.492 e. The summed E-state index contributed by atoms with van der Waals surface area (Å²) in [6.07, 6.45) is 4.87. The summed E-state index contributed by atoms with van der Waals surface area (Å²) in [7, 11) is 0. The third-order valence-corrected chi connectivity index (χ3v) is 3.16. The van der Waals surface area contributed by atoms with Gasteiger partial charge in [0.25, 0.3) is 0 Å². The van der Waals surface area contributed by atoms with E-state index in [-0.39, 0.29) is 0 Å². The molecular weight excluding hydrogens is 222 g/mol. The van der Waals surface area contributed by atoms with E-state index in [1.54, 1.807) is 0 Å². The van der Waals surface area contributed by atoms with E-state index in [1.165, 1.54) is 19.3 Å². The van der Waals surface area contributed by atoms with Gasteiger partial charge in [0.1, 0.15) is 5.75 Å². The van der Waals surface area contributed by atoms with Crippen molar-refractivity contribution in [2.45, 2.75) is 38.6 Å². The first-order valence-corrected chi connectivity index (χ1v) is 6.36. The van der Waals surface area contributed by atoms with Crippen LogP contribution >= 0.6 is 11.6 Å². The fourth-order valence-corrected chi connectivity index (χ4v) is 1.94. The lowest BCUT2D eigenvalue weighted by Gasteiger charge is -2.27. The molecule has 2 nitrogen and oxygen atoms in total. The molecule has 0 aromatic heterocycles. The highest BCUT2D eigenvalue weighted by atomic mass is 35.5. The molecule has 2 rings (SSSR count). The Balaban J connectivity index is 1.97. The van der Waals surface area contributed by atoms with Crippen LogP contribution in [0.4, 0.5) is 5.69 Å². The van der Waals surface area contributed by atoms with Crippen LogP contribution in [0.3, 0.4) is 0 Å². The topological polar surface area (TPSA) is 21.3 Å². The lowest BCUT2D eigenvalue weighted by Crippen LogP contribution is -2.26. The second kappa shape index (κ2) is 5.44. The van der Waals surface area contributed by atoms with Crippen molar-refractivity contribution in [3.05, 3.63) is 23.2 Å². The number of hydrogen-bond donors (Lipinski definition) is 1. The molecule has 1 aliphatic rings. The molecule has 1 aromatic carbocycles. The van der Waals surface area contributed by atoms with Gasteiger partial charge >= 0.3 is 0 Å². The van der Waals surface area contributed by atoms with E-state index in [1.807, 2.05) is 18.2 Å². The van der Waals surface area contributed by atoms with Gasteiger partial charge in [0.2, 0.25) is 0 Å². The molecule has 16 heavy (non-hydrogen) atoms. The number of ether oxygens (including phenoxy) is 1. The number of halogens is 1. The van der Waals surface area contributed by atoms with Gasteiger partial charge in [-0.25, -0.2) is 0 Å². The smallest absolute Gasteiger partial charge is 0.138 e. The van der Waals surface area contributed by atoms with Crippen molar-refractivity contribution < 1.29 is 4.74 Å². The zero-order valence-corrected chi connectivity index (χ0v) is 10.4. The highest BCUT2D eigenvalue weighted by Gasteiger charge is 2.17. The summed E-state index contributed by atoms with van der Waals surface area (Å²) in [6.45, 7) is 2.80. The van der Waals surface area contributed by atoms with Crippen molar-refractivity contribution >= 4 is 17.3 Å². The van der Waals surface area contributed by atoms with E-state index < -0.39 is 0 Å². The zero-order valence-electron chi connectivity index (χ0n) is 9.63. The minimum absolute atomic E-state index is 0.637. The maximum Gasteiger partial charge on any atom is 0.138 e. The van der Waals surface area contributed by atoms with Gasteiger partial charge in [-0.1, -0.05) is 18.5 Å². The molecule has 1 saturated carbocycles. The van der Waals surface area contributed by atoms with Crippen molar-refractivity contribution in [1.29, 1.82) is 0 Å². The number of hydrogen-bond acceptors (Lipinski definition) is 2. The van der Waals surface area contributed by atoms with Crippen molar-refractivity contribution in [2.75, 3.05) is 11.9 Å². The number of anilines is 1. The SMILES string of the molecule is CCCOc1ccc(NC2CCC2)cc1Cl.